The Bertz CT molecular complexity index is 1210. The van der Waals surface area contributed by atoms with E-state index in [2.05, 4.69) is 25.9 Å². The number of carbonyl (C=O) groups is 2. The van der Waals surface area contributed by atoms with Gasteiger partial charge in [-0.15, -0.1) is 5.10 Å². The molecule has 0 radical (unpaired) electrons. The van der Waals surface area contributed by atoms with Gasteiger partial charge in [-0.3, -0.25) is 15.1 Å². The van der Waals surface area contributed by atoms with Crippen LogP contribution in [0.15, 0.2) is 42.6 Å². The molecular formula is C22H22ClFN6O4. The number of nitrogens with one attached hydrogen (secondary N) is 2. The molecule has 3 N–H and O–H groups in total. The lowest BCUT2D eigenvalue weighted by atomic mass is 9.78. The fourth-order valence-corrected chi connectivity index (χ4v) is 3.84. The van der Waals surface area contributed by atoms with Gasteiger partial charge in [-0.2, -0.15) is 0 Å². The Balaban J connectivity index is 1.43. The summed E-state index contributed by atoms with van der Waals surface area (Å²) in [5.41, 5.74) is -0.518. The first-order valence-corrected chi connectivity index (χ1v) is 10.8. The molecule has 1 aliphatic carbocycles. The van der Waals surface area contributed by atoms with Crippen LogP contribution in [0.2, 0.25) is 5.02 Å². The van der Waals surface area contributed by atoms with Crippen LogP contribution in [0.3, 0.4) is 0 Å². The monoisotopic (exact) mass is 488 g/mol. The maximum absolute atomic E-state index is 14.3. The predicted octanol–water partition coefficient (Wildman–Crippen LogP) is 3.64. The highest BCUT2D eigenvalue weighted by Crippen LogP contribution is 2.37. The molecule has 12 heteroatoms. The van der Waals surface area contributed by atoms with Crippen LogP contribution in [0.25, 0.3) is 11.4 Å². The molecule has 2 amide bonds. The van der Waals surface area contributed by atoms with Gasteiger partial charge >= 0.3 is 6.09 Å². The van der Waals surface area contributed by atoms with E-state index >= 15 is 0 Å². The second-order valence-corrected chi connectivity index (χ2v) is 8.43. The standard InChI is InChI=1S/C22H22ClFN6O4/c1-12(15-5-3-4-6-16(15)23)34-21(33)27-19-18(28-29-30(19)2)17-8-7-13(11-25-17)26-20(32)22(24)9-14(31)10-22/h3-8,11-12,14,31H,9-10H2,1-2H3,(H,26,32)(H,27,33)/t12-,14?,22?/m1/s1. The Morgan fingerprint density at radius 3 is 2.65 bits per heavy atom. The van der Waals surface area contributed by atoms with E-state index in [4.69, 9.17) is 16.3 Å². The molecule has 178 valence electrons. The van der Waals surface area contributed by atoms with E-state index in [0.717, 1.165) is 0 Å². The van der Waals surface area contributed by atoms with E-state index in [9.17, 15) is 19.1 Å². The molecule has 2 heterocycles. The summed E-state index contributed by atoms with van der Waals surface area (Å²) in [4.78, 5) is 28.8. The zero-order valence-electron chi connectivity index (χ0n) is 18.3. The van der Waals surface area contributed by atoms with E-state index < -0.39 is 29.9 Å². The Morgan fingerprint density at radius 1 is 1.26 bits per heavy atom. The number of nitrogens with zero attached hydrogens (tertiary/aromatic N) is 4. The number of aryl methyl sites for hydroxylation is 1. The van der Waals surface area contributed by atoms with Crippen LogP contribution in [0, 0.1) is 0 Å². The predicted molar refractivity (Wildman–Crippen MR) is 122 cm³/mol. The summed E-state index contributed by atoms with van der Waals surface area (Å²) in [5.74, 6) is -0.587. The van der Waals surface area contributed by atoms with Gasteiger partial charge < -0.3 is 15.2 Å². The highest BCUT2D eigenvalue weighted by molar-refractivity contribution is 6.31. The summed E-state index contributed by atoms with van der Waals surface area (Å²) in [6, 6.07) is 10.1. The van der Waals surface area contributed by atoms with Crippen molar-refractivity contribution >= 4 is 35.1 Å². The number of rotatable bonds is 6. The van der Waals surface area contributed by atoms with E-state index in [1.54, 1.807) is 44.3 Å². The highest BCUT2D eigenvalue weighted by Gasteiger charge is 2.50. The smallest absolute Gasteiger partial charge is 0.413 e. The molecule has 34 heavy (non-hydrogen) atoms. The van der Waals surface area contributed by atoms with Crippen molar-refractivity contribution in [2.24, 2.45) is 7.05 Å². The number of hydrogen-bond donors (Lipinski definition) is 3. The second-order valence-electron chi connectivity index (χ2n) is 8.02. The lowest BCUT2D eigenvalue weighted by molar-refractivity contribution is -0.142. The van der Waals surface area contributed by atoms with Crippen LogP contribution in [0.4, 0.5) is 20.7 Å². The van der Waals surface area contributed by atoms with Gasteiger partial charge in [0.05, 0.1) is 23.7 Å². The van der Waals surface area contributed by atoms with Crippen molar-refractivity contribution in [1.82, 2.24) is 20.0 Å². The molecule has 2 aromatic heterocycles. The minimum Gasteiger partial charge on any atom is -0.441 e. The van der Waals surface area contributed by atoms with Gasteiger partial charge in [0, 0.05) is 30.5 Å². The maximum atomic E-state index is 14.3. The number of hydrogen-bond acceptors (Lipinski definition) is 7. The number of halogens is 2. The van der Waals surface area contributed by atoms with Crippen LogP contribution < -0.4 is 10.6 Å². The van der Waals surface area contributed by atoms with Crippen molar-refractivity contribution < 1.29 is 23.8 Å². The Hall–Kier alpha value is -3.57. The normalized spacial score (nSPS) is 20.2. The zero-order valence-corrected chi connectivity index (χ0v) is 19.1. The molecule has 10 nitrogen and oxygen atoms in total. The first-order chi connectivity index (χ1) is 16.2. The van der Waals surface area contributed by atoms with E-state index in [-0.39, 0.29) is 30.0 Å². The van der Waals surface area contributed by atoms with Crippen LogP contribution >= 0.6 is 11.6 Å². The highest BCUT2D eigenvalue weighted by atomic mass is 35.5. The molecule has 4 rings (SSSR count). The number of pyridine rings is 1. The fourth-order valence-electron chi connectivity index (χ4n) is 3.55. The Kier molecular flexibility index (Phi) is 6.49. The number of aromatic nitrogens is 4. The summed E-state index contributed by atoms with van der Waals surface area (Å²) in [6.07, 6.45) is -1.27. The van der Waals surface area contributed by atoms with Crippen molar-refractivity contribution in [2.75, 3.05) is 10.6 Å². The summed E-state index contributed by atoms with van der Waals surface area (Å²) >= 11 is 6.16. The second kappa shape index (κ2) is 9.35. The molecule has 1 saturated carbocycles. The average Bonchev–Trinajstić information content (AvgIpc) is 3.13. The summed E-state index contributed by atoms with van der Waals surface area (Å²) in [5, 5.41) is 22.8. The van der Waals surface area contributed by atoms with Crippen molar-refractivity contribution in [1.29, 1.82) is 0 Å². The third-order valence-corrected chi connectivity index (χ3v) is 5.81. The molecule has 0 bridgehead atoms. The minimum atomic E-state index is -2.08. The maximum Gasteiger partial charge on any atom is 0.413 e. The zero-order chi connectivity index (χ0) is 24.5. The Labute approximate surface area is 199 Å². The number of amides is 2. The van der Waals surface area contributed by atoms with Gasteiger partial charge in [0.25, 0.3) is 5.91 Å². The number of benzene rings is 1. The van der Waals surface area contributed by atoms with Crippen LogP contribution in [-0.2, 0) is 16.6 Å². The van der Waals surface area contributed by atoms with Crippen molar-refractivity contribution in [2.45, 2.75) is 37.6 Å². The lowest BCUT2D eigenvalue weighted by Crippen LogP contribution is -2.52. The van der Waals surface area contributed by atoms with Gasteiger partial charge in [0.15, 0.2) is 17.2 Å². The lowest BCUT2D eigenvalue weighted by Gasteiger charge is -2.36. The van der Waals surface area contributed by atoms with Gasteiger partial charge in [-0.1, -0.05) is 35.0 Å². The SMILES string of the molecule is C[C@@H](OC(=O)Nc1c(-c2ccc(NC(=O)C3(F)CC(O)C3)cn2)nnn1C)c1ccccc1Cl. The summed E-state index contributed by atoms with van der Waals surface area (Å²) in [7, 11) is 1.59. The van der Waals surface area contributed by atoms with E-state index in [1.807, 2.05) is 0 Å². The number of carbonyl (C=O) groups excluding carboxylic acids is 2. The van der Waals surface area contributed by atoms with Crippen LogP contribution in [0.1, 0.15) is 31.4 Å². The largest absolute Gasteiger partial charge is 0.441 e. The van der Waals surface area contributed by atoms with Crippen LogP contribution in [0.5, 0.6) is 0 Å². The van der Waals surface area contributed by atoms with Gasteiger partial charge in [-0.25, -0.2) is 13.9 Å². The first kappa shape index (κ1) is 23.6. The molecule has 1 aliphatic rings. The number of alkyl halides is 1. The third-order valence-electron chi connectivity index (χ3n) is 5.46. The first-order valence-electron chi connectivity index (χ1n) is 10.4. The minimum absolute atomic E-state index is 0.232. The van der Waals surface area contributed by atoms with Gasteiger partial charge in [0.1, 0.15) is 6.10 Å². The summed E-state index contributed by atoms with van der Waals surface area (Å²) in [6.45, 7) is 1.70. The summed E-state index contributed by atoms with van der Waals surface area (Å²) < 4.78 is 21.1. The van der Waals surface area contributed by atoms with E-state index in [1.165, 1.54) is 16.9 Å². The molecule has 0 unspecified atom stereocenters. The molecule has 0 aliphatic heterocycles. The van der Waals surface area contributed by atoms with Crippen molar-refractivity contribution in [3.63, 3.8) is 0 Å². The molecule has 1 atom stereocenters. The van der Waals surface area contributed by atoms with E-state index in [0.29, 0.717) is 16.3 Å². The number of aliphatic hydroxyl groups excluding tert-OH is 1. The Morgan fingerprint density at radius 2 is 2.00 bits per heavy atom. The molecule has 1 fully saturated rings. The number of anilines is 2. The number of aliphatic hydroxyl groups is 1. The van der Waals surface area contributed by atoms with Gasteiger partial charge in [-0.05, 0) is 25.1 Å². The quantitative estimate of drug-likeness (QED) is 0.482. The number of ether oxygens (including phenoxy) is 1. The fraction of sp³-hybridized carbons (Fsp3) is 0.318. The third kappa shape index (κ3) is 4.85. The topological polar surface area (TPSA) is 131 Å². The average molecular weight is 489 g/mol. The van der Waals surface area contributed by atoms with Crippen molar-refractivity contribution in [3.05, 3.63) is 53.2 Å². The molecule has 1 aromatic carbocycles. The molecule has 3 aromatic rings. The van der Waals surface area contributed by atoms with Crippen LogP contribution in [-0.4, -0.2) is 48.9 Å². The van der Waals surface area contributed by atoms with Gasteiger partial charge in [0.2, 0.25) is 0 Å². The molecule has 0 spiro atoms. The molecular weight excluding hydrogens is 467 g/mol. The molecule has 0 saturated heterocycles. The van der Waals surface area contributed by atoms with Crippen molar-refractivity contribution in [3.8, 4) is 11.4 Å².